The Hall–Kier alpha value is -2.07. The highest BCUT2D eigenvalue weighted by Crippen LogP contribution is 2.37. The number of carbonyl (C=O) groups is 2. The number of aliphatic carboxylic acids is 1. The number of carboxylic acid groups (broad SMARTS) is 1. The van der Waals surface area contributed by atoms with Crippen LogP contribution in [0.25, 0.3) is 11.1 Å². The first-order chi connectivity index (χ1) is 10.0. The summed E-state index contributed by atoms with van der Waals surface area (Å²) in [5.74, 6) is -1.55. The molecule has 0 fully saturated rings. The van der Waals surface area contributed by atoms with Gasteiger partial charge in [0.05, 0.1) is 5.92 Å². The monoisotopic (exact) mass is 300 g/mol. The molecule has 1 N–H and O–H groups in total. The van der Waals surface area contributed by atoms with Crippen LogP contribution in [0.1, 0.15) is 25.3 Å². The lowest BCUT2D eigenvalue weighted by molar-refractivity contribution is -0.138. The summed E-state index contributed by atoms with van der Waals surface area (Å²) in [6, 6.07) is 15.2. The lowest BCUT2D eigenvalue weighted by Gasteiger charge is -2.16. The fraction of sp³-hybridized carbons (Fsp3) is 0.176. The lowest BCUT2D eigenvalue weighted by Crippen LogP contribution is -2.09. The van der Waals surface area contributed by atoms with Gasteiger partial charge in [0.1, 0.15) is 0 Å². The molecule has 0 amide bonds. The molecule has 0 radical (unpaired) electrons. The third kappa shape index (κ3) is 3.52. The molecule has 0 aliphatic heterocycles. The van der Waals surface area contributed by atoms with E-state index in [9.17, 15) is 14.7 Å². The minimum absolute atomic E-state index is 0.0581. The Morgan fingerprint density at radius 3 is 2.29 bits per heavy atom. The van der Waals surface area contributed by atoms with Crippen LogP contribution in [-0.2, 0) is 9.59 Å². The van der Waals surface area contributed by atoms with Gasteiger partial charge in [0.15, 0.2) is 5.12 Å². The van der Waals surface area contributed by atoms with Gasteiger partial charge < -0.3 is 5.11 Å². The molecule has 0 aliphatic rings. The number of carbonyl (C=O) groups excluding carboxylic acids is 1. The van der Waals surface area contributed by atoms with E-state index < -0.39 is 11.9 Å². The summed E-state index contributed by atoms with van der Waals surface area (Å²) in [7, 11) is 0. The summed E-state index contributed by atoms with van der Waals surface area (Å²) in [6.07, 6.45) is 0. The van der Waals surface area contributed by atoms with Gasteiger partial charge in [0.25, 0.3) is 0 Å². The van der Waals surface area contributed by atoms with E-state index in [2.05, 4.69) is 0 Å². The zero-order valence-corrected chi connectivity index (χ0v) is 12.7. The van der Waals surface area contributed by atoms with Gasteiger partial charge in [-0.2, -0.15) is 0 Å². The fourth-order valence-electron chi connectivity index (χ4n) is 2.13. The van der Waals surface area contributed by atoms with Crippen LogP contribution in [0.4, 0.5) is 0 Å². The molecule has 108 valence electrons. The Balaban J connectivity index is 2.62. The van der Waals surface area contributed by atoms with Crippen LogP contribution in [-0.4, -0.2) is 16.2 Å². The molecule has 0 heterocycles. The van der Waals surface area contributed by atoms with Crippen LogP contribution < -0.4 is 0 Å². The molecular formula is C17H16O3S. The molecule has 1 unspecified atom stereocenters. The Labute approximate surface area is 128 Å². The SMILES string of the molecule is CC(=O)Sc1c(-c2ccccc2)cccc1C(C)C(=O)O. The topological polar surface area (TPSA) is 54.4 Å². The second kappa shape index (κ2) is 6.59. The second-order valence-electron chi connectivity index (χ2n) is 4.74. The van der Waals surface area contributed by atoms with Gasteiger partial charge in [0.2, 0.25) is 0 Å². The zero-order chi connectivity index (χ0) is 15.4. The van der Waals surface area contributed by atoms with E-state index >= 15 is 0 Å². The lowest BCUT2D eigenvalue weighted by atomic mass is 9.96. The molecular weight excluding hydrogens is 284 g/mol. The number of hydrogen-bond acceptors (Lipinski definition) is 3. The van der Waals surface area contributed by atoms with Crippen molar-refractivity contribution < 1.29 is 14.7 Å². The van der Waals surface area contributed by atoms with Crippen LogP contribution in [0.15, 0.2) is 53.4 Å². The van der Waals surface area contributed by atoms with Gasteiger partial charge in [-0.05, 0) is 23.6 Å². The molecule has 3 nitrogen and oxygen atoms in total. The summed E-state index contributed by atoms with van der Waals surface area (Å²) in [5, 5.41) is 9.20. The third-order valence-corrected chi connectivity index (χ3v) is 4.16. The predicted molar refractivity (Wildman–Crippen MR) is 84.5 cm³/mol. The van der Waals surface area contributed by atoms with Gasteiger partial charge in [-0.3, -0.25) is 9.59 Å². The van der Waals surface area contributed by atoms with Gasteiger partial charge in [-0.15, -0.1) is 0 Å². The first-order valence-corrected chi connectivity index (χ1v) is 7.42. The average Bonchev–Trinajstić information content (AvgIpc) is 2.47. The van der Waals surface area contributed by atoms with Gasteiger partial charge in [0, 0.05) is 11.8 Å². The Kier molecular flexibility index (Phi) is 4.81. The summed E-state index contributed by atoms with van der Waals surface area (Å²) < 4.78 is 0. The molecule has 0 spiro atoms. The van der Waals surface area contributed by atoms with Crippen molar-refractivity contribution in [1.82, 2.24) is 0 Å². The van der Waals surface area contributed by atoms with E-state index in [1.165, 1.54) is 6.92 Å². The van der Waals surface area contributed by atoms with E-state index in [1.54, 1.807) is 13.0 Å². The third-order valence-electron chi connectivity index (χ3n) is 3.21. The molecule has 2 aromatic carbocycles. The zero-order valence-electron chi connectivity index (χ0n) is 11.9. The maximum atomic E-state index is 11.6. The quantitative estimate of drug-likeness (QED) is 0.861. The highest BCUT2D eigenvalue weighted by Gasteiger charge is 2.21. The van der Waals surface area contributed by atoms with Gasteiger partial charge in [-0.1, -0.05) is 60.3 Å². The molecule has 0 aromatic heterocycles. The minimum atomic E-state index is -0.898. The standard InChI is InChI=1S/C17H16O3S/c1-11(17(19)20)14-9-6-10-15(16(14)21-12(2)18)13-7-4-3-5-8-13/h3-11H,1-2H3,(H,19,20). The van der Waals surface area contributed by atoms with Crippen molar-refractivity contribution in [3.63, 3.8) is 0 Å². The van der Waals surface area contributed by atoms with E-state index in [-0.39, 0.29) is 5.12 Å². The fourth-order valence-corrected chi connectivity index (χ4v) is 3.08. The van der Waals surface area contributed by atoms with Gasteiger partial charge in [-0.25, -0.2) is 0 Å². The van der Waals surface area contributed by atoms with Crippen LogP contribution in [0.5, 0.6) is 0 Å². The van der Waals surface area contributed by atoms with Crippen molar-refractivity contribution in [2.24, 2.45) is 0 Å². The summed E-state index contributed by atoms with van der Waals surface area (Å²) in [6.45, 7) is 3.12. The number of hydrogen-bond donors (Lipinski definition) is 1. The molecule has 1 atom stereocenters. The number of carboxylic acids is 1. The average molecular weight is 300 g/mol. The first-order valence-electron chi connectivity index (χ1n) is 6.60. The van der Waals surface area contributed by atoms with Crippen molar-refractivity contribution in [3.8, 4) is 11.1 Å². The molecule has 2 aromatic rings. The molecule has 2 rings (SSSR count). The van der Waals surface area contributed by atoms with Crippen LogP contribution in [0.2, 0.25) is 0 Å². The van der Waals surface area contributed by atoms with Crippen molar-refractivity contribution in [3.05, 3.63) is 54.1 Å². The number of rotatable bonds is 4. The number of benzene rings is 2. The molecule has 4 heteroatoms. The highest BCUT2D eigenvalue weighted by molar-refractivity contribution is 8.13. The van der Waals surface area contributed by atoms with E-state index in [0.29, 0.717) is 5.56 Å². The Morgan fingerprint density at radius 1 is 1.05 bits per heavy atom. The van der Waals surface area contributed by atoms with Crippen LogP contribution in [0.3, 0.4) is 0 Å². The maximum absolute atomic E-state index is 11.6. The molecule has 0 aliphatic carbocycles. The highest BCUT2D eigenvalue weighted by atomic mass is 32.2. The molecule has 0 bridgehead atoms. The van der Waals surface area contributed by atoms with E-state index in [4.69, 9.17) is 0 Å². The smallest absolute Gasteiger partial charge is 0.310 e. The molecule has 21 heavy (non-hydrogen) atoms. The normalized spacial score (nSPS) is 11.9. The number of thioether (sulfide) groups is 1. The summed E-state index contributed by atoms with van der Waals surface area (Å²) in [5.41, 5.74) is 2.53. The van der Waals surface area contributed by atoms with Crippen molar-refractivity contribution >= 4 is 22.8 Å². The largest absolute Gasteiger partial charge is 0.481 e. The van der Waals surface area contributed by atoms with Crippen LogP contribution >= 0.6 is 11.8 Å². The van der Waals surface area contributed by atoms with E-state index in [1.807, 2.05) is 42.5 Å². The van der Waals surface area contributed by atoms with Crippen molar-refractivity contribution in [1.29, 1.82) is 0 Å². The Bertz CT molecular complexity index is 665. The maximum Gasteiger partial charge on any atom is 0.310 e. The first kappa shape index (κ1) is 15.3. The van der Waals surface area contributed by atoms with Crippen molar-refractivity contribution in [2.45, 2.75) is 24.7 Å². The summed E-state index contributed by atoms with van der Waals surface area (Å²) >= 11 is 1.09. The minimum Gasteiger partial charge on any atom is -0.481 e. The van der Waals surface area contributed by atoms with E-state index in [0.717, 1.165) is 27.8 Å². The molecule has 0 saturated carbocycles. The second-order valence-corrected chi connectivity index (χ2v) is 5.93. The predicted octanol–water partition coefficient (Wildman–Crippen LogP) is 4.18. The van der Waals surface area contributed by atoms with Gasteiger partial charge >= 0.3 is 5.97 Å². The Morgan fingerprint density at radius 2 is 1.71 bits per heavy atom. The van der Waals surface area contributed by atoms with Crippen LogP contribution in [0, 0.1) is 0 Å². The molecule has 0 saturated heterocycles. The summed E-state index contributed by atoms with van der Waals surface area (Å²) in [4.78, 5) is 23.6. The van der Waals surface area contributed by atoms with Crippen molar-refractivity contribution in [2.75, 3.05) is 0 Å².